The second kappa shape index (κ2) is 9.15. The number of nitrogens with two attached hydrogens (primary N) is 1. The lowest BCUT2D eigenvalue weighted by molar-refractivity contribution is 0.0827. The molecule has 1 amide bonds. The number of rotatable bonds is 6. The highest BCUT2D eigenvalue weighted by molar-refractivity contribution is 5.94. The summed E-state index contributed by atoms with van der Waals surface area (Å²) in [6.45, 7) is -0.368. The van der Waals surface area contributed by atoms with Crippen molar-refractivity contribution in [1.82, 2.24) is 25.1 Å². The number of nitrogens with zero attached hydrogens (tertiary/aromatic N) is 5. The Morgan fingerprint density at radius 1 is 1.03 bits per heavy atom. The lowest BCUT2D eigenvalue weighted by Crippen LogP contribution is -2.21. The average Bonchev–Trinajstić information content (AvgIpc) is 3.33. The van der Waals surface area contributed by atoms with Gasteiger partial charge in [0.1, 0.15) is 6.10 Å². The zero-order valence-electron chi connectivity index (χ0n) is 18.0. The Labute approximate surface area is 189 Å². The van der Waals surface area contributed by atoms with Gasteiger partial charge in [-0.3, -0.25) is 4.79 Å². The van der Waals surface area contributed by atoms with Gasteiger partial charge in [-0.05, 0) is 29.8 Å². The topological polar surface area (TPSA) is 151 Å². The Balaban J connectivity index is 1.61. The number of amides is 1. The first kappa shape index (κ1) is 22.1. The molecule has 0 saturated heterocycles. The molecule has 0 radical (unpaired) electrons. The molecule has 168 valence electrons. The predicted octanol–water partition coefficient (Wildman–Crippen LogP) is 2.17. The summed E-state index contributed by atoms with van der Waals surface area (Å²) < 4.78 is 5.76. The van der Waals surface area contributed by atoms with Crippen LogP contribution in [0.1, 0.15) is 22.0 Å². The van der Waals surface area contributed by atoms with Gasteiger partial charge in [-0.1, -0.05) is 24.3 Å². The number of nitrogen functional groups attached to an aromatic ring is 1. The number of hydrogen-bond donors (Lipinski definition) is 3. The van der Waals surface area contributed by atoms with Gasteiger partial charge in [0.05, 0.1) is 18.5 Å². The van der Waals surface area contributed by atoms with Gasteiger partial charge >= 0.3 is 0 Å². The van der Waals surface area contributed by atoms with Gasteiger partial charge in [-0.15, -0.1) is 10.2 Å². The van der Waals surface area contributed by atoms with Crippen LogP contribution in [0.15, 0.2) is 59.1 Å². The number of aromatic nitrogens is 4. The number of hydrogen-bond acceptors (Lipinski definition) is 9. The molecule has 2 heterocycles. The van der Waals surface area contributed by atoms with Crippen molar-refractivity contribution < 1.29 is 19.4 Å². The van der Waals surface area contributed by atoms with Gasteiger partial charge in [0.2, 0.25) is 5.89 Å². The number of aliphatic hydroxyl groups is 2. The van der Waals surface area contributed by atoms with E-state index in [0.29, 0.717) is 22.4 Å². The van der Waals surface area contributed by atoms with E-state index >= 15 is 0 Å². The largest absolute Gasteiger partial charge is 0.414 e. The third kappa shape index (κ3) is 4.56. The van der Waals surface area contributed by atoms with E-state index in [-0.39, 0.29) is 35.8 Å². The Kier molecular flexibility index (Phi) is 6.11. The molecule has 0 fully saturated rings. The number of benzene rings is 2. The smallest absolute Gasteiger partial charge is 0.270 e. The maximum Gasteiger partial charge on any atom is 0.270 e. The molecule has 2 aromatic heterocycles. The summed E-state index contributed by atoms with van der Waals surface area (Å²) in [5.41, 5.74) is 9.30. The van der Waals surface area contributed by atoms with Crippen molar-refractivity contribution >= 4 is 11.7 Å². The summed E-state index contributed by atoms with van der Waals surface area (Å²) in [5.74, 6) is 0.390. The van der Waals surface area contributed by atoms with Gasteiger partial charge < -0.3 is 25.3 Å². The molecule has 1 atom stereocenters. The van der Waals surface area contributed by atoms with Crippen LogP contribution in [0.4, 0.5) is 5.82 Å². The molecular formula is C23H22N6O4. The van der Waals surface area contributed by atoms with Crippen molar-refractivity contribution in [3.8, 4) is 34.3 Å². The van der Waals surface area contributed by atoms with Crippen LogP contribution >= 0.6 is 0 Å². The van der Waals surface area contributed by atoms with E-state index in [1.807, 2.05) is 0 Å². The molecule has 0 bridgehead atoms. The highest BCUT2D eigenvalue weighted by Gasteiger charge is 2.17. The number of carbonyl (C=O) groups is 1. The maximum absolute atomic E-state index is 12.1. The van der Waals surface area contributed by atoms with Gasteiger partial charge in [0, 0.05) is 30.8 Å². The standard InChI is InChI=1S/C23H22N6O4/c1-29(2)23(32)16-9-3-13(4-10-16)17-11-25-20(24)19(26-17)22-28-27-21(33-22)15-7-5-14(6-8-15)18(31)12-30/h3-11,18,30-31H,12H2,1-2H3,(H2,24,25). The summed E-state index contributed by atoms with van der Waals surface area (Å²) in [4.78, 5) is 22.3. The van der Waals surface area contributed by atoms with E-state index in [2.05, 4.69) is 20.2 Å². The SMILES string of the molecule is CN(C)C(=O)c1ccc(-c2cnc(N)c(-c3nnc(-c4ccc(C(O)CO)cc4)o3)n2)cc1. The van der Waals surface area contributed by atoms with Crippen molar-refractivity contribution in [2.24, 2.45) is 0 Å². The van der Waals surface area contributed by atoms with Crippen molar-refractivity contribution in [1.29, 1.82) is 0 Å². The Hall–Kier alpha value is -4.15. The zero-order valence-corrected chi connectivity index (χ0v) is 18.0. The second-order valence-electron chi connectivity index (χ2n) is 7.50. The molecule has 1 unspecified atom stereocenters. The molecule has 0 aliphatic carbocycles. The lowest BCUT2D eigenvalue weighted by atomic mass is 10.1. The van der Waals surface area contributed by atoms with Gasteiger partial charge in [0.25, 0.3) is 11.8 Å². The monoisotopic (exact) mass is 446 g/mol. The molecule has 4 aromatic rings. The minimum absolute atomic E-state index is 0.0945. The highest BCUT2D eigenvalue weighted by atomic mass is 16.4. The van der Waals surface area contributed by atoms with Gasteiger partial charge in [-0.25, -0.2) is 9.97 Å². The van der Waals surface area contributed by atoms with E-state index in [1.54, 1.807) is 62.6 Å². The predicted molar refractivity (Wildman–Crippen MR) is 121 cm³/mol. The quantitative estimate of drug-likeness (QED) is 0.404. The van der Waals surface area contributed by atoms with Crippen LogP contribution in [-0.2, 0) is 0 Å². The lowest BCUT2D eigenvalue weighted by Gasteiger charge is -2.10. The van der Waals surface area contributed by atoms with Crippen molar-refractivity contribution in [3.63, 3.8) is 0 Å². The average molecular weight is 446 g/mol. The molecular weight excluding hydrogens is 424 g/mol. The third-order valence-corrected chi connectivity index (χ3v) is 4.98. The Bertz CT molecular complexity index is 1270. The molecule has 0 spiro atoms. The summed E-state index contributed by atoms with van der Waals surface area (Å²) >= 11 is 0. The number of aliphatic hydroxyl groups excluding tert-OH is 2. The second-order valence-corrected chi connectivity index (χ2v) is 7.50. The van der Waals surface area contributed by atoms with E-state index in [0.717, 1.165) is 5.56 Å². The summed E-state index contributed by atoms with van der Waals surface area (Å²) in [7, 11) is 3.39. The molecule has 4 rings (SSSR count). The highest BCUT2D eigenvalue weighted by Crippen LogP contribution is 2.28. The molecule has 33 heavy (non-hydrogen) atoms. The fourth-order valence-electron chi connectivity index (χ4n) is 3.13. The van der Waals surface area contributed by atoms with Crippen LogP contribution in [0.3, 0.4) is 0 Å². The van der Waals surface area contributed by atoms with Crippen molar-refractivity contribution in [3.05, 3.63) is 65.9 Å². The molecule has 0 aliphatic heterocycles. The molecule has 10 heteroatoms. The Morgan fingerprint density at radius 3 is 2.30 bits per heavy atom. The van der Waals surface area contributed by atoms with Crippen LogP contribution in [0.25, 0.3) is 34.3 Å². The first-order chi connectivity index (χ1) is 15.9. The Morgan fingerprint density at radius 2 is 1.67 bits per heavy atom. The first-order valence-corrected chi connectivity index (χ1v) is 10.0. The minimum atomic E-state index is -0.954. The molecule has 10 nitrogen and oxygen atoms in total. The summed E-state index contributed by atoms with van der Waals surface area (Å²) in [5, 5.41) is 26.9. The fraction of sp³-hybridized carbons (Fsp3) is 0.174. The molecule has 0 saturated carbocycles. The normalized spacial score (nSPS) is 11.9. The summed E-state index contributed by atoms with van der Waals surface area (Å²) in [6, 6.07) is 13.7. The zero-order chi connectivity index (χ0) is 23.5. The van der Waals surface area contributed by atoms with Crippen LogP contribution in [0.2, 0.25) is 0 Å². The first-order valence-electron chi connectivity index (χ1n) is 10.0. The van der Waals surface area contributed by atoms with E-state index < -0.39 is 6.10 Å². The third-order valence-electron chi connectivity index (χ3n) is 4.98. The van der Waals surface area contributed by atoms with Crippen molar-refractivity contribution in [2.45, 2.75) is 6.10 Å². The van der Waals surface area contributed by atoms with Crippen molar-refractivity contribution in [2.75, 3.05) is 26.4 Å². The van der Waals surface area contributed by atoms with Crippen LogP contribution in [0.5, 0.6) is 0 Å². The number of carbonyl (C=O) groups excluding carboxylic acids is 1. The molecule has 0 aliphatic rings. The number of anilines is 1. The summed E-state index contributed by atoms with van der Waals surface area (Å²) in [6.07, 6.45) is 0.578. The van der Waals surface area contributed by atoms with Crippen LogP contribution in [-0.4, -0.2) is 61.9 Å². The molecule has 2 aromatic carbocycles. The van der Waals surface area contributed by atoms with E-state index in [1.165, 1.54) is 11.1 Å². The maximum atomic E-state index is 12.1. The molecule has 4 N–H and O–H groups in total. The van der Waals surface area contributed by atoms with E-state index in [9.17, 15) is 9.90 Å². The van der Waals surface area contributed by atoms with Gasteiger partial charge in [-0.2, -0.15) is 0 Å². The van der Waals surface area contributed by atoms with E-state index in [4.69, 9.17) is 15.3 Å². The fourth-order valence-corrected chi connectivity index (χ4v) is 3.13. The van der Waals surface area contributed by atoms with Crippen LogP contribution in [0, 0.1) is 0 Å². The van der Waals surface area contributed by atoms with Crippen LogP contribution < -0.4 is 5.73 Å². The minimum Gasteiger partial charge on any atom is -0.414 e. The van der Waals surface area contributed by atoms with Gasteiger partial charge in [0.15, 0.2) is 11.5 Å².